The number of nitrogens with one attached hydrogen (secondary N) is 2. The van der Waals surface area contributed by atoms with E-state index < -0.39 is 0 Å². The first-order valence-electron chi connectivity index (χ1n) is 10.2. The van der Waals surface area contributed by atoms with Crippen molar-refractivity contribution in [1.82, 2.24) is 25.8 Å². The number of nitrogens with zero attached hydrogens (tertiary/aromatic N) is 3. The molecule has 0 atom stereocenters. The Morgan fingerprint density at radius 1 is 1.03 bits per heavy atom. The molecule has 0 saturated heterocycles. The largest absolute Gasteiger partial charge is 0.425 e. The Bertz CT molecular complexity index is 1180. The van der Waals surface area contributed by atoms with Crippen LogP contribution in [0.2, 0.25) is 0 Å². The molecular formula is C23H25N5O2S. The molecule has 0 aliphatic heterocycles. The molecule has 160 valence electrons. The van der Waals surface area contributed by atoms with Crippen molar-refractivity contribution in [3.8, 4) is 11.1 Å². The van der Waals surface area contributed by atoms with Crippen LogP contribution >= 0.6 is 11.3 Å². The smallest absolute Gasteiger partial charge is 0.315 e. The van der Waals surface area contributed by atoms with E-state index in [4.69, 9.17) is 9.40 Å². The second-order valence-electron chi connectivity index (χ2n) is 8.30. The Morgan fingerprint density at radius 3 is 2.58 bits per heavy atom. The van der Waals surface area contributed by atoms with Crippen molar-refractivity contribution in [2.24, 2.45) is 0 Å². The van der Waals surface area contributed by atoms with E-state index in [0.717, 1.165) is 15.2 Å². The molecule has 8 heteroatoms. The summed E-state index contributed by atoms with van der Waals surface area (Å²) < 4.78 is 6.86. The number of hydrogen-bond acceptors (Lipinski definition) is 6. The van der Waals surface area contributed by atoms with Crippen molar-refractivity contribution < 1.29 is 9.21 Å². The van der Waals surface area contributed by atoms with Gasteiger partial charge in [0.2, 0.25) is 11.8 Å². The van der Waals surface area contributed by atoms with E-state index >= 15 is 0 Å². The first-order chi connectivity index (χ1) is 14.9. The van der Waals surface area contributed by atoms with E-state index in [1.54, 1.807) is 11.3 Å². The molecule has 2 aromatic heterocycles. The van der Waals surface area contributed by atoms with Crippen molar-refractivity contribution in [3.05, 3.63) is 65.3 Å². The van der Waals surface area contributed by atoms with E-state index in [2.05, 4.69) is 45.1 Å². The number of aromatic nitrogens is 3. The summed E-state index contributed by atoms with van der Waals surface area (Å²) >= 11 is 1.63. The van der Waals surface area contributed by atoms with Gasteiger partial charge in [0.15, 0.2) is 0 Å². The maximum atomic E-state index is 11.8. The highest BCUT2D eigenvalue weighted by molar-refractivity contribution is 7.18. The topological polar surface area (TPSA) is 92.9 Å². The Kier molecular flexibility index (Phi) is 5.99. The van der Waals surface area contributed by atoms with Crippen LogP contribution in [0.4, 0.5) is 4.79 Å². The average molecular weight is 436 g/mol. The number of rotatable bonds is 6. The maximum absolute atomic E-state index is 11.8. The van der Waals surface area contributed by atoms with Gasteiger partial charge in [0, 0.05) is 18.5 Å². The van der Waals surface area contributed by atoms with Gasteiger partial charge in [-0.2, -0.15) is 0 Å². The maximum Gasteiger partial charge on any atom is 0.315 e. The molecule has 4 rings (SSSR count). The molecule has 0 saturated carbocycles. The summed E-state index contributed by atoms with van der Waals surface area (Å²) in [5.41, 5.74) is 3.05. The van der Waals surface area contributed by atoms with E-state index in [1.165, 1.54) is 11.1 Å². The second-order valence-corrected chi connectivity index (χ2v) is 9.42. The highest BCUT2D eigenvalue weighted by Crippen LogP contribution is 2.29. The number of amides is 2. The third-order valence-electron chi connectivity index (χ3n) is 4.46. The molecule has 2 N–H and O–H groups in total. The zero-order valence-corrected chi connectivity index (χ0v) is 18.6. The molecule has 0 aliphatic rings. The minimum Gasteiger partial charge on any atom is -0.425 e. The molecule has 7 nitrogen and oxygen atoms in total. The molecule has 4 aromatic rings. The first-order valence-corrected chi connectivity index (χ1v) is 11.0. The number of carbonyl (C=O) groups is 1. The van der Waals surface area contributed by atoms with Crippen molar-refractivity contribution in [3.63, 3.8) is 0 Å². The third kappa shape index (κ3) is 5.67. The van der Waals surface area contributed by atoms with E-state index in [-0.39, 0.29) is 11.6 Å². The molecule has 0 spiro atoms. The van der Waals surface area contributed by atoms with Crippen LogP contribution in [-0.4, -0.2) is 33.3 Å². The Morgan fingerprint density at radius 2 is 1.81 bits per heavy atom. The van der Waals surface area contributed by atoms with Gasteiger partial charge in [-0.15, -0.1) is 21.5 Å². The van der Waals surface area contributed by atoms with E-state index in [9.17, 15) is 4.79 Å². The summed E-state index contributed by atoms with van der Waals surface area (Å²) in [7, 11) is 0. The van der Waals surface area contributed by atoms with Crippen LogP contribution in [0.15, 0.2) is 52.9 Å². The van der Waals surface area contributed by atoms with Crippen molar-refractivity contribution in [1.29, 1.82) is 0 Å². The zero-order valence-electron chi connectivity index (χ0n) is 17.8. The molecular weight excluding hydrogens is 410 g/mol. The van der Waals surface area contributed by atoms with Gasteiger partial charge in [-0.05, 0) is 44.0 Å². The fourth-order valence-electron chi connectivity index (χ4n) is 3.12. The number of fused-ring (bicyclic) bond motifs is 1. The fourth-order valence-corrected chi connectivity index (χ4v) is 4.11. The van der Waals surface area contributed by atoms with E-state index in [0.29, 0.717) is 31.2 Å². The van der Waals surface area contributed by atoms with Gasteiger partial charge in [-0.1, -0.05) is 36.4 Å². The minimum atomic E-state index is -0.277. The lowest BCUT2D eigenvalue weighted by Gasteiger charge is -2.20. The average Bonchev–Trinajstić information content (AvgIpc) is 3.33. The molecule has 2 amide bonds. The van der Waals surface area contributed by atoms with Crippen molar-refractivity contribution in [2.45, 2.75) is 39.2 Å². The van der Waals surface area contributed by atoms with Gasteiger partial charge in [-0.25, -0.2) is 9.78 Å². The van der Waals surface area contributed by atoms with Crippen molar-refractivity contribution >= 4 is 27.6 Å². The monoisotopic (exact) mass is 435 g/mol. The summed E-state index contributed by atoms with van der Waals surface area (Å²) in [5, 5.41) is 14.8. The highest BCUT2D eigenvalue weighted by atomic mass is 32.1. The Balaban J connectivity index is 1.36. The molecule has 0 aliphatic carbocycles. The quantitative estimate of drug-likeness (QED) is 0.462. The van der Waals surface area contributed by atoms with Crippen LogP contribution in [0, 0.1) is 0 Å². The highest BCUT2D eigenvalue weighted by Gasteiger charge is 2.14. The van der Waals surface area contributed by atoms with Crippen LogP contribution in [0.3, 0.4) is 0 Å². The van der Waals surface area contributed by atoms with Gasteiger partial charge in [0.1, 0.15) is 5.01 Å². The lowest BCUT2D eigenvalue weighted by molar-refractivity contribution is 0.232. The molecule has 31 heavy (non-hydrogen) atoms. The summed E-state index contributed by atoms with van der Waals surface area (Å²) in [6, 6.07) is 16.4. The number of thiazole rings is 1. The SMILES string of the molecule is CC(C)(C)NC(=O)NCCc1nnc(Cc2nc3ccc(-c4ccccc4)cc3s2)o1. The van der Waals surface area contributed by atoms with Crippen LogP contribution in [-0.2, 0) is 12.8 Å². The fraction of sp³-hybridized carbons (Fsp3) is 0.304. The lowest BCUT2D eigenvalue weighted by Crippen LogP contribution is -2.46. The van der Waals surface area contributed by atoms with E-state index in [1.807, 2.05) is 45.0 Å². The zero-order chi connectivity index (χ0) is 21.8. The molecule has 0 unspecified atom stereocenters. The van der Waals surface area contributed by atoms with Crippen LogP contribution < -0.4 is 10.6 Å². The molecule has 0 bridgehead atoms. The second kappa shape index (κ2) is 8.85. The minimum absolute atomic E-state index is 0.211. The van der Waals surface area contributed by atoms with Gasteiger partial charge in [-0.3, -0.25) is 0 Å². The van der Waals surface area contributed by atoms with Crippen LogP contribution in [0.25, 0.3) is 21.3 Å². The van der Waals surface area contributed by atoms with Gasteiger partial charge in [0.05, 0.1) is 16.6 Å². The predicted molar refractivity (Wildman–Crippen MR) is 122 cm³/mol. The first kappa shape index (κ1) is 21.0. The molecule has 0 fully saturated rings. The van der Waals surface area contributed by atoms with Gasteiger partial charge < -0.3 is 15.1 Å². The van der Waals surface area contributed by atoms with Gasteiger partial charge in [0.25, 0.3) is 0 Å². The summed E-state index contributed by atoms with van der Waals surface area (Å²) in [5.74, 6) is 1.02. The van der Waals surface area contributed by atoms with Crippen molar-refractivity contribution in [2.75, 3.05) is 6.54 Å². The number of benzene rings is 2. The normalized spacial score (nSPS) is 11.6. The molecule has 2 aromatic carbocycles. The number of carbonyl (C=O) groups excluding carboxylic acids is 1. The Labute approximate surface area is 184 Å². The summed E-state index contributed by atoms with van der Waals surface area (Å²) in [6.07, 6.45) is 0.968. The number of urea groups is 1. The summed E-state index contributed by atoms with van der Waals surface area (Å²) in [6.45, 7) is 6.22. The predicted octanol–water partition coefficient (Wildman–Crippen LogP) is 4.58. The standard InChI is InChI=1S/C23H25N5O2S/c1-23(2,3)26-22(29)24-12-11-19-27-28-20(30-19)14-21-25-17-10-9-16(13-18(17)31-21)15-7-5-4-6-8-15/h4-10,13H,11-12,14H2,1-3H3,(H2,24,26,29). The Hall–Kier alpha value is -3.26. The third-order valence-corrected chi connectivity index (χ3v) is 5.48. The van der Waals surface area contributed by atoms with Gasteiger partial charge >= 0.3 is 6.03 Å². The molecule has 0 radical (unpaired) electrons. The van der Waals surface area contributed by atoms with Crippen LogP contribution in [0.5, 0.6) is 0 Å². The number of hydrogen-bond donors (Lipinski definition) is 2. The molecule has 2 heterocycles. The summed E-state index contributed by atoms with van der Waals surface area (Å²) in [4.78, 5) is 16.5. The lowest BCUT2D eigenvalue weighted by atomic mass is 10.1. The van der Waals surface area contributed by atoms with Crippen LogP contribution in [0.1, 0.15) is 37.6 Å².